The Hall–Kier alpha value is -0.210. The van der Waals surface area contributed by atoms with Crippen LogP contribution in [-0.2, 0) is 10.4 Å². The fraction of sp³-hybridized carbons (Fsp3) is 1.00. The number of nitrogens with zero attached hydrogens (tertiary/aromatic N) is 2. The van der Waals surface area contributed by atoms with E-state index in [2.05, 4.69) is 37.5 Å². The second kappa shape index (κ2) is 15.7. The average Bonchev–Trinajstić information content (AvgIpc) is 2.65. The van der Waals surface area contributed by atoms with Crippen molar-refractivity contribution in [3.05, 3.63) is 0 Å². The molecule has 0 atom stereocenters. The zero-order chi connectivity index (χ0) is 20.7. The summed E-state index contributed by atoms with van der Waals surface area (Å²) in [6, 6.07) is 1.83. The van der Waals surface area contributed by atoms with Gasteiger partial charge in [0.15, 0.2) is 0 Å². The van der Waals surface area contributed by atoms with Gasteiger partial charge >= 0.3 is 10.4 Å². The summed E-state index contributed by atoms with van der Waals surface area (Å²) >= 11 is 0. The van der Waals surface area contributed by atoms with E-state index < -0.39 is 10.4 Å². The number of hydrogen-bond acceptors (Lipinski definition) is 4. The Morgan fingerprint density at radius 2 is 0.852 bits per heavy atom. The summed E-state index contributed by atoms with van der Waals surface area (Å²) in [5, 5.41) is 0. The van der Waals surface area contributed by atoms with E-state index in [-0.39, 0.29) is 0 Å². The fourth-order valence-electron chi connectivity index (χ4n) is 4.37. The van der Waals surface area contributed by atoms with Crippen LogP contribution < -0.4 is 0 Å². The standard InChI is InChI=1S/2C10H21N.H2O4S/c2*1-3-11(4-2)10-8-6-5-7-9-10;1-5(2,3)4/h2*10H,3-9H2,1-2H3;(H2,1,2,3,4). The molecule has 164 valence electrons. The van der Waals surface area contributed by atoms with Gasteiger partial charge in [-0.1, -0.05) is 66.2 Å². The maximum atomic E-state index is 8.74. The third kappa shape index (κ3) is 14.4. The summed E-state index contributed by atoms with van der Waals surface area (Å²) in [6.45, 7) is 14.1. The van der Waals surface area contributed by atoms with Crippen molar-refractivity contribution in [2.75, 3.05) is 26.2 Å². The van der Waals surface area contributed by atoms with E-state index in [1.807, 2.05) is 0 Å². The minimum absolute atomic E-state index is 0.916. The molecule has 2 aliphatic rings. The molecule has 0 bridgehead atoms. The predicted octanol–water partition coefficient (Wildman–Crippen LogP) is 4.67. The largest absolute Gasteiger partial charge is 0.394 e. The van der Waals surface area contributed by atoms with Gasteiger partial charge in [0, 0.05) is 12.1 Å². The number of hydrogen-bond donors (Lipinski definition) is 2. The van der Waals surface area contributed by atoms with Crippen LogP contribution in [-0.4, -0.2) is 65.6 Å². The summed E-state index contributed by atoms with van der Waals surface area (Å²) < 4.78 is 31.6. The van der Waals surface area contributed by atoms with Crippen molar-refractivity contribution in [3.63, 3.8) is 0 Å². The normalized spacial score (nSPS) is 19.3. The molecule has 0 aromatic carbocycles. The van der Waals surface area contributed by atoms with Gasteiger partial charge in [-0.2, -0.15) is 8.42 Å². The quantitative estimate of drug-likeness (QED) is 0.622. The van der Waals surface area contributed by atoms with Gasteiger partial charge in [0.25, 0.3) is 0 Å². The third-order valence-corrected chi connectivity index (χ3v) is 5.81. The summed E-state index contributed by atoms with van der Waals surface area (Å²) in [7, 11) is -4.67. The monoisotopic (exact) mass is 408 g/mol. The van der Waals surface area contributed by atoms with Gasteiger partial charge in [0.2, 0.25) is 0 Å². The van der Waals surface area contributed by atoms with Crippen LogP contribution in [0.25, 0.3) is 0 Å². The Labute approximate surface area is 168 Å². The van der Waals surface area contributed by atoms with Crippen LogP contribution in [0.3, 0.4) is 0 Å². The van der Waals surface area contributed by atoms with Crippen LogP contribution >= 0.6 is 0 Å². The van der Waals surface area contributed by atoms with Crippen LogP contribution in [0.2, 0.25) is 0 Å². The van der Waals surface area contributed by atoms with Gasteiger partial charge in [-0.15, -0.1) is 0 Å². The van der Waals surface area contributed by atoms with Crippen molar-refractivity contribution in [2.24, 2.45) is 0 Å². The van der Waals surface area contributed by atoms with Gasteiger partial charge in [0.05, 0.1) is 0 Å². The van der Waals surface area contributed by atoms with E-state index in [9.17, 15) is 0 Å². The van der Waals surface area contributed by atoms with Gasteiger partial charge in [-0.25, -0.2) is 0 Å². The first-order valence-electron chi connectivity index (χ1n) is 10.9. The highest BCUT2D eigenvalue weighted by Gasteiger charge is 2.18. The van der Waals surface area contributed by atoms with Crippen molar-refractivity contribution in [2.45, 2.75) is 104 Å². The molecule has 2 aliphatic carbocycles. The predicted molar refractivity (Wildman–Crippen MR) is 114 cm³/mol. The Balaban J connectivity index is 0.000000405. The first-order valence-corrected chi connectivity index (χ1v) is 12.3. The minimum atomic E-state index is -4.67. The van der Waals surface area contributed by atoms with Crippen LogP contribution in [0.15, 0.2) is 0 Å². The lowest BCUT2D eigenvalue weighted by atomic mass is 9.94. The first kappa shape index (κ1) is 26.8. The lowest BCUT2D eigenvalue weighted by Crippen LogP contribution is -2.36. The molecular formula is C20H44N2O4S. The van der Waals surface area contributed by atoms with Gasteiger partial charge in [0.1, 0.15) is 0 Å². The van der Waals surface area contributed by atoms with Crippen molar-refractivity contribution in [3.8, 4) is 0 Å². The maximum absolute atomic E-state index is 8.74. The summed E-state index contributed by atoms with van der Waals surface area (Å²) in [4.78, 5) is 5.22. The van der Waals surface area contributed by atoms with Crippen LogP contribution in [0, 0.1) is 0 Å². The Bertz CT molecular complexity index is 391. The Morgan fingerprint density at radius 3 is 1.04 bits per heavy atom. The lowest BCUT2D eigenvalue weighted by Gasteiger charge is -2.32. The molecule has 2 N–H and O–H groups in total. The SMILES string of the molecule is CCN(CC)C1CCCCC1.CCN(CC)C1CCCCC1.O=S(=O)(O)O. The molecule has 0 radical (unpaired) electrons. The Morgan fingerprint density at radius 1 is 0.630 bits per heavy atom. The van der Waals surface area contributed by atoms with E-state index in [0.29, 0.717) is 0 Å². The molecule has 0 saturated heterocycles. The molecule has 27 heavy (non-hydrogen) atoms. The second-order valence-electron chi connectivity index (χ2n) is 7.47. The molecule has 2 fully saturated rings. The van der Waals surface area contributed by atoms with Crippen LogP contribution in [0.5, 0.6) is 0 Å². The van der Waals surface area contributed by atoms with Gasteiger partial charge in [-0.3, -0.25) is 9.11 Å². The topological polar surface area (TPSA) is 81.1 Å². The Kier molecular flexibility index (Phi) is 15.6. The van der Waals surface area contributed by atoms with E-state index in [1.54, 1.807) is 0 Å². The summed E-state index contributed by atoms with van der Waals surface area (Å²) in [5.74, 6) is 0. The van der Waals surface area contributed by atoms with Crippen molar-refractivity contribution < 1.29 is 17.5 Å². The van der Waals surface area contributed by atoms with Crippen molar-refractivity contribution >= 4 is 10.4 Å². The summed E-state index contributed by atoms with van der Waals surface area (Å²) in [6.07, 6.45) is 14.6. The smallest absolute Gasteiger partial charge is 0.301 e. The number of rotatable bonds is 6. The third-order valence-electron chi connectivity index (χ3n) is 5.81. The van der Waals surface area contributed by atoms with Crippen molar-refractivity contribution in [1.29, 1.82) is 0 Å². The molecule has 2 saturated carbocycles. The molecule has 6 nitrogen and oxygen atoms in total. The molecule has 0 unspecified atom stereocenters. The van der Waals surface area contributed by atoms with E-state index in [4.69, 9.17) is 17.5 Å². The highest BCUT2D eigenvalue weighted by atomic mass is 32.3. The highest BCUT2D eigenvalue weighted by molar-refractivity contribution is 7.79. The molecule has 0 spiro atoms. The van der Waals surface area contributed by atoms with E-state index in [1.165, 1.54) is 90.4 Å². The zero-order valence-electron chi connectivity index (χ0n) is 18.1. The molecule has 2 rings (SSSR count). The maximum Gasteiger partial charge on any atom is 0.394 e. The van der Waals surface area contributed by atoms with Gasteiger partial charge in [-0.05, 0) is 51.9 Å². The highest BCUT2D eigenvalue weighted by Crippen LogP contribution is 2.22. The molecular weight excluding hydrogens is 364 g/mol. The van der Waals surface area contributed by atoms with E-state index in [0.717, 1.165) is 12.1 Å². The van der Waals surface area contributed by atoms with E-state index >= 15 is 0 Å². The molecule has 0 aliphatic heterocycles. The molecule has 0 heterocycles. The van der Waals surface area contributed by atoms with Crippen LogP contribution in [0.4, 0.5) is 0 Å². The molecule has 0 aromatic rings. The van der Waals surface area contributed by atoms with Gasteiger partial charge < -0.3 is 9.80 Å². The minimum Gasteiger partial charge on any atom is -0.301 e. The molecule has 7 heteroatoms. The molecule has 0 amide bonds. The lowest BCUT2D eigenvalue weighted by molar-refractivity contribution is 0.172. The fourth-order valence-corrected chi connectivity index (χ4v) is 4.37. The summed E-state index contributed by atoms with van der Waals surface area (Å²) in [5.41, 5.74) is 0. The van der Waals surface area contributed by atoms with Crippen molar-refractivity contribution in [1.82, 2.24) is 9.80 Å². The first-order chi connectivity index (χ1) is 12.8. The van der Waals surface area contributed by atoms with Crippen LogP contribution in [0.1, 0.15) is 91.9 Å². The molecule has 0 aromatic heterocycles. The second-order valence-corrected chi connectivity index (χ2v) is 8.37. The average molecular weight is 409 g/mol. The zero-order valence-corrected chi connectivity index (χ0v) is 18.9.